The molecule has 2 aliphatic heterocycles. The van der Waals surface area contributed by atoms with E-state index in [1.165, 1.54) is 13.8 Å². The Morgan fingerprint density at radius 1 is 0.612 bits per heavy atom. The molecule has 3 unspecified atom stereocenters. The lowest BCUT2D eigenvalue weighted by Crippen LogP contribution is -2.59. The van der Waals surface area contributed by atoms with E-state index in [1.807, 2.05) is 0 Å². The second-order valence-corrected chi connectivity index (χ2v) is 13.2. The molecular formula is C34H47ClO14. The number of carbonyl (C=O) groups is 4. The summed E-state index contributed by atoms with van der Waals surface area (Å²) in [6.45, 7) is 4.12. The number of aliphatic hydroxyl groups excluding tert-OH is 4. The van der Waals surface area contributed by atoms with Crippen molar-refractivity contribution in [1.29, 1.82) is 0 Å². The molecular weight excluding hydrogens is 668 g/mol. The van der Waals surface area contributed by atoms with Crippen LogP contribution in [0.5, 0.6) is 0 Å². The number of carbonyl (C=O) groups excluding carboxylic acids is 4. The van der Waals surface area contributed by atoms with Gasteiger partial charge in [-0.15, -0.1) is 11.6 Å². The summed E-state index contributed by atoms with van der Waals surface area (Å²) in [6, 6.07) is 0. The Balaban J connectivity index is 1.63. The highest BCUT2D eigenvalue weighted by molar-refractivity contribution is 6.20. The molecule has 3 fully saturated rings. The van der Waals surface area contributed by atoms with Crippen LogP contribution in [0.1, 0.15) is 72.6 Å². The van der Waals surface area contributed by atoms with E-state index in [0.29, 0.717) is 25.7 Å². The summed E-state index contributed by atoms with van der Waals surface area (Å²) in [5.74, 6) is 9.37. The number of hydrogen-bond donors (Lipinski definition) is 4. The molecule has 274 valence electrons. The first-order chi connectivity index (χ1) is 23.2. The molecule has 3 rings (SSSR count). The van der Waals surface area contributed by atoms with Gasteiger partial charge in [0.2, 0.25) is 0 Å². The van der Waals surface area contributed by atoms with Crippen molar-refractivity contribution >= 4 is 35.5 Å². The summed E-state index contributed by atoms with van der Waals surface area (Å²) in [7, 11) is 0. The number of aliphatic hydroxyl groups is 4. The third-order valence-corrected chi connectivity index (χ3v) is 8.85. The first-order valence-electron chi connectivity index (χ1n) is 16.5. The van der Waals surface area contributed by atoms with E-state index in [9.17, 15) is 39.6 Å². The number of alkyl halides is 1. The minimum absolute atomic E-state index is 0.0819. The monoisotopic (exact) mass is 714 g/mol. The highest BCUT2D eigenvalue weighted by atomic mass is 35.5. The standard InChI is InChI=1S/C34H47ClO14/c1-18(36)44-16-27-33(46-20(3)38)31(42)29(40)25(48-27)13-10-22-7-5-6-8-23(15-24(35)12-9-22)11-14-26-30(41)32(43)34(47-21(4)39)28(49-26)17-45-19(2)37/h22-34,40-43H,5-9,12,15-17H2,1-4H3/t22?,23?,24?,25-,26-,27-,28-,29-,30-,31-,32-,33-,34-/m1/s1. The van der Waals surface area contributed by atoms with Crippen LogP contribution in [-0.2, 0) is 47.6 Å². The molecule has 0 aromatic carbocycles. The molecule has 0 bridgehead atoms. The van der Waals surface area contributed by atoms with Gasteiger partial charge in [0, 0.05) is 44.9 Å². The van der Waals surface area contributed by atoms with E-state index in [0.717, 1.165) is 33.1 Å². The van der Waals surface area contributed by atoms with E-state index in [4.69, 9.17) is 40.0 Å². The van der Waals surface area contributed by atoms with Crippen LogP contribution in [0.4, 0.5) is 0 Å². The Labute approximate surface area is 291 Å². The topological polar surface area (TPSA) is 205 Å². The average Bonchev–Trinajstić information content (AvgIpc) is 3.03. The van der Waals surface area contributed by atoms with E-state index < -0.39 is 84.9 Å². The molecule has 0 radical (unpaired) electrons. The van der Waals surface area contributed by atoms with Crippen LogP contribution >= 0.6 is 11.6 Å². The SMILES string of the molecule is CC(=O)OC[C@H]1O[C@H](C#CC2CCCCC(C#C[C@H]3O[C@H](COC(C)=O)[C@@H](OC(C)=O)[C@H](O)[C@@H]3O)CC(Cl)CC2)[C@@H](O)[C@@H](O)[C@@H]1OC(C)=O. The predicted molar refractivity (Wildman–Crippen MR) is 170 cm³/mol. The van der Waals surface area contributed by atoms with Crippen LogP contribution in [-0.4, -0.2) is 124 Å². The van der Waals surface area contributed by atoms with Gasteiger partial charge in [-0.05, 0) is 32.1 Å². The summed E-state index contributed by atoms with van der Waals surface area (Å²) >= 11 is 6.73. The normalized spacial score (nSPS) is 36.7. The zero-order valence-electron chi connectivity index (χ0n) is 28.1. The molecule has 0 aromatic heterocycles. The number of rotatable bonds is 6. The summed E-state index contributed by atoms with van der Waals surface area (Å²) < 4.78 is 32.0. The quantitative estimate of drug-likeness (QED) is 0.128. The lowest BCUT2D eigenvalue weighted by Gasteiger charge is -2.40. The predicted octanol–water partition coefficient (Wildman–Crippen LogP) is 0.545. The molecule has 14 nitrogen and oxygen atoms in total. The molecule has 4 N–H and O–H groups in total. The van der Waals surface area contributed by atoms with Gasteiger partial charge in [-0.1, -0.05) is 36.5 Å². The molecule has 2 saturated heterocycles. The van der Waals surface area contributed by atoms with E-state index in [-0.39, 0.29) is 30.4 Å². The van der Waals surface area contributed by atoms with Crippen molar-refractivity contribution in [2.24, 2.45) is 11.8 Å². The minimum Gasteiger partial charge on any atom is -0.463 e. The van der Waals surface area contributed by atoms with Crippen LogP contribution in [0.2, 0.25) is 0 Å². The Morgan fingerprint density at radius 2 is 1.04 bits per heavy atom. The zero-order chi connectivity index (χ0) is 36.2. The van der Waals surface area contributed by atoms with Gasteiger partial charge in [-0.2, -0.15) is 0 Å². The Bertz CT molecular complexity index is 1270. The third-order valence-electron chi connectivity index (χ3n) is 8.46. The largest absolute Gasteiger partial charge is 0.463 e. The lowest BCUT2D eigenvalue weighted by molar-refractivity contribution is -0.229. The van der Waals surface area contributed by atoms with Crippen LogP contribution in [0.25, 0.3) is 0 Å². The second-order valence-electron chi connectivity index (χ2n) is 12.6. The fourth-order valence-corrected chi connectivity index (χ4v) is 6.33. The third kappa shape index (κ3) is 12.7. The van der Waals surface area contributed by atoms with Gasteiger partial charge in [0.1, 0.15) is 62.0 Å². The van der Waals surface area contributed by atoms with Gasteiger partial charge < -0.3 is 48.8 Å². The fourth-order valence-electron chi connectivity index (χ4n) is 5.99. The molecule has 1 saturated carbocycles. The first kappa shape index (κ1) is 40.5. The first-order valence-corrected chi connectivity index (χ1v) is 16.9. The van der Waals surface area contributed by atoms with Gasteiger partial charge >= 0.3 is 23.9 Å². The fraction of sp³-hybridized carbons (Fsp3) is 0.765. The Kier molecular flexibility index (Phi) is 16.1. The number of halogens is 1. The van der Waals surface area contributed by atoms with Crippen LogP contribution < -0.4 is 0 Å². The molecule has 13 atom stereocenters. The Morgan fingerprint density at radius 3 is 1.47 bits per heavy atom. The maximum absolute atomic E-state index is 11.6. The van der Waals surface area contributed by atoms with Crippen molar-refractivity contribution in [3.05, 3.63) is 0 Å². The van der Waals surface area contributed by atoms with Gasteiger partial charge in [-0.3, -0.25) is 19.2 Å². The van der Waals surface area contributed by atoms with E-state index >= 15 is 0 Å². The minimum atomic E-state index is -1.51. The van der Waals surface area contributed by atoms with E-state index in [2.05, 4.69) is 23.7 Å². The number of esters is 4. The second kappa shape index (κ2) is 19.4. The molecule has 49 heavy (non-hydrogen) atoms. The summed E-state index contributed by atoms with van der Waals surface area (Å²) in [5.41, 5.74) is 0. The van der Waals surface area contributed by atoms with Crippen LogP contribution in [0.3, 0.4) is 0 Å². The maximum Gasteiger partial charge on any atom is 0.303 e. The lowest BCUT2D eigenvalue weighted by atomic mass is 9.87. The van der Waals surface area contributed by atoms with Gasteiger partial charge in [0.25, 0.3) is 0 Å². The van der Waals surface area contributed by atoms with Crippen molar-refractivity contribution in [2.75, 3.05) is 13.2 Å². The summed E-state index contributed by atoms with van der Waals surface area (Å²) in [4.78, 5) is 45.9. The molecule has 0 aromatic rings. The van der Waals surface area contributed by atoms with E-state index in [1.54, 1.807) is 0 Å². The number of ether oxygens (including phenoxy) is 6. The smallest absolute Gasteiger partial charge is 0.303 e. The maximum atomic E-state index is 11.6. The number of hydrogen-bond acceptors (Lipinski definition) is 14. The van der Waals surface area contributed by atoms with Gasteiger partial charge in [0.15, 0.2) is 12.2 Å². The summed E-state index contributed by atoms with van der Waals surface area (Å²) in [5, 5.41) is 42.5. The molecule has 2 heterocycles. The summed E-state index contributed by atoms with van der Waals surface area (Å²) in [6.07, 6.45) is -7.97. The molecule has 0 spiro atoms. The van der Waals surface area contributed by atoms with Crippen molar-refractivity contribution < 1.29 is 68.0 Å². The van der Waals surface area contributed by atoms with Gasteiger partial charge in [-0.25, -0.2) is 0 Å². The Hall–Kier alpha value is -2.95. The molecule has 3 aliphatic rings. The van der Waals surface area contributed by atoms with Crippen molar-refractivity contribution in [2.45, 2.75) is 139 Å². The zero-order valence-corrected chi connectivity index (χ0v) is 28.9. The molecule has 1 aliphatic carbocycles. The molecule has 0 amide bonds. The highest BCUT2D eigenvalue weighted by Gasteiger charge is 2.47. The highest BCUT2D eigenvalue weighted by Crippen LogP contribution is 2.29. The van der Waals surface area contributed by atoms with Crippen molar-refractivity contribution in [3.8, 4) is 23.7 Å². The van der Waals surface area contributed by atoms with Gasteiger partial charge in [0.05, 0.1) is 0 Å². The van der Waals surface area contributed by atoms with Crippen molar-refractivity contribution in [3.63, 3.8) is 0 Å². The average molecular weight is 715 g/mol. The van der Waals surface area contributed by atoms with Crippen molar-refractivity contribution in [1.82, 2.24) is 0 Å². The van der Waals surface area contributed by atoms with Crippen LogP contribution in [0.15, 0.2) is 0 Å². The van der Waals surface area contributed by atoms with Crippen LogP contribution in [0, 0.1) is 35.5 Å². The molecule has 15 heteroatoms.